The van der Waals surface area contributed by atoms with Gasteiger partial charge in [0.05, 0.1) is 6.26 Å². The number of hydrogen-bond acceptors (Lipinski definition) is 1. The summed E-state index contributed by atoms with van der Waals surface area (Å²) in [6.45, 7) is 4.27. The summed E-state index contributed by atoms with van der Waals surface area (Å²) in [7, 11) is -0.659. The first-order valence-corrected chi connectivity index (χ1v) is 11.9. The van der Waals surface area contributed by atoms with E-state index in [1.165, 1.54) is 15.9 Å². The number of allylic oxidation sites excluding steroid dienone is 6. The molecule has 0 radical (unpaired) electrons. The molecule has 4 heteroatoms. The van der Waals surface area contributed by atoms with Crippen molar-refractivity contribution in [2.24, 2.45) is 5.92 Å². The first-order valence-electron chi connectivity index (χ1n) is 10.5. The van der Waals surface area contributed by atoms with Gasteiger partial charge >= 0.3 is 17.1 Å². The van der Waals surface area contributed by atoms with Crippen LogP contribution in [0.25, 0.3) is 5.32 Å². The summed E-state index contributed by atoms with van der Waals surface area (Å²) in [5.41, 5.74) is 2.09. The van der Waals surface area contributed by atoms with Crippen molar-refractivity contribution in [3.63, 3.8) is 0 Å². The van der Waals surface area contributed by atoms with Crippen LogP contribution in [0.2, 0.25) is 0 Å². The summed E-state index contributed by atoms with van der Waals surface area (Å²) < 4.78 is 5.83. The van der Waals surface area contributed by atoms with Crippen molar-refractivity contribution in [2.75, 3.05) is 0 Å². The quantitative estimate of drug-likeness (QED) is 0.223. The molecule has 32 heavy (non-hydrogen) atoms. The Balaban J connectivity index is 0.000000427. The number of ether oxygens (including phenoxy) is 1. The molecule has 2 aliphatic rings. The Kier molecular flexibility index (Phi) is 8.82. The molecule has 0 amide bonds. The van der Waals surface area contributed by atoms with E-state index in [1.807, 2.05) is 30.3 Å². The average Bonchev–Trinajstić information content (AvgIpc) is 3.58. The fourth-order valence-electron chi connectivity index (χ4n) is 3.36. The Morgan fingerprint density at radius 2 is 1.44 bits per heavy atom. The first-order chi connectivity index (χ1) is 15.2. The zero-order valence-corrected chi connectivity index (χ0v) is 20.2. The topological polar surface area (TPSA) is 23.3 Å². The Labute approximate surface area is 203 Å². The molecule has 3 aromatic rings. The number of benzene rings is 2. The number of nitrogens with zero attached hydrogens (tertiary/aromatic N) is 1. The second kappa shape index (κ2) is 11.8. The Morgan fingerprint density at radius 3 is 1.91 bits per heavy atom. The molecule has 0 saturated heterocycles. The van der Waals surface area contributed by atoms with Crippen molar-refractivity contribution >= 4 is 18.5 Å². The number of hydrogen-bond donors (Lipinski definition) is 0. The van der Waals surface area contributed by atoms with E-state index in [-0.39, 0.29) is 17.1 Å². The van der Waals surface area contributed by atoms with Gasteiger partial charge in [-0.1, -0.05) is 92.7 Å². The predicted octanol–water partition coefficient (Wildman–Crippen LogP) is 7.09. The molecule has 2 nitrogen and oxygen atoms in total. The summed E-state index contributed by atoms with van der Waals surface area (Å²) in [4.78, 5) is 0. The SMILES string of the molecule is CC(C)C1=COC(=C2C=CC=C2P(c2ccccc2)c2ccccc2)[N-]1.[Fe+2].c1cc[cH-]c1. The minimum absolute atomic E-state index is 0. The smallest absolute Gasteiger partial charge is 0.627 e. The van der Waals surface area contributed by atoms with Crippen molar-refractivity contribution in [3.8, 4) is 0 Å². The van der Waals surface area contributed by atoms with Gasteiger partial charge in [-0.2, -0.15) is 18.2 Å². The minimum Gasteiger partial charge on any atom is -0.627 e. The van der Waals surface area contributed by atoms with Crippen LogP contribution in [0.4, 0.5) is 0 Å². The maximum absolute atomic E-state index is 5.83. The van der Waals surface area contributed by atoms with Crippen LogP contribution in [0.3, 0.4) is 0 Å². The fraction of sp³-hybridized carbons (Fsp3) is 0.107. The zero-order chi connectivity index (χ0) is 21.5. The second-order valence-electron chi connectivity index (χ2n) is 7.53. The van der Waals surface area contributed by atoms with Gasteiger partial charge in [-0.3, -0.25) is 0 Å². The van der Waals surface area contributed by atoms with Crippen molar-refractivity contribution < 1.29 is 21.8 Å². The van der Waals surface area contributed by atoms with Crippen LogP contribution in [0, 0.1) is 5.92 Å². The molecule has 0 atom stereocenters. The largest absolute Gasteiger partial charge is 2.00 e. The monoisotopic (exact) mass is 479 g/mol. The molecule has 3 aromatic carbocycles. The van der Waals surface area contributed by atoms with Crippen LogP contribution in [-0.4, -0.2) is 0 Å². The van der Waals surface area contributed by atoms with Gasteiger partial charge in [-0.05, 0) is 29.8 Å². The molecule has 0 fully saturated rings. The third kappa shape index (κ3) is 5.75. The fourth-order valence-corrected chi connectivity index (χ4v) is 5.80. The van der Waals surface area contributed by atoms with E-state index < -0.39 is 7.92 Å². The predicted molar refractivity (Wildman–Crippen MR) is 133 cm³/mol. The standard InChI is InChI=1S/C23H21NOP.C5H5.Fe/c1-17(2)21-16-25-23(24-21)20-14-9-15-22(20)26(18-10-5-3-6-11-18)19-12-7-4-8-13-19;1-2-4-5-3-1;/h3-17H,1-2H3;1-5H;/q2*-1;+2. The van der Waals surface area contributed by atoms with Crippen LogP contribution < -0.4 is 10.6 Å². The third-order valence-corrected chi connectivity index (χ3v) is 7.46. The molecule has 0 saturated carbocycles. The van der Waals surface area contributed by atoms with Crippen LogP contribution in [-0.2, 0) is 21.8 Å². The second-order valence-corrected chi connectivity index (χ2v) is 9.71. The third-order valence-electron chi connectivity index (χ3n) is 4.96. The first kappa shape index (κ1) is 24.0. The average molecular weight is 479 g/mol. The van der Waals surface area contributed by atoms with E-state index in [4.69, 9.17) is 10.1 Å². The summed E-state index contributed by atoms with van der Waals surface area (Å²) in [5, 5.41) is 8.67. The van der Waals surface area contributed by atoms with Gasteiger partial charge < -0.3 is 10.1 Å². The molecule has 162 valence electrons. The van der Waals surface area contributed by atoms with Crippen LogP contribution >= 0.6 is 7.92 Å². The van der Waals surface area contributed by atoms with E-state index in [2.05, 4.69) is 92.7 Å². The van der Waals surface area contributed by atoms with Crippen LogP contribution in [0.15, 0.2) is 138 Å². The van der Waals surface area contributed by atoms with Crippen molar-refractivity contribution in [1.29, 1.82) is 0 Å². The van der Waals surface area contributed by atoms with Gasteiger partial charge in [0.25, 0.3) is 0 Å². The summed E-state index contributed by atoms with van der Waals surface area (Å²) >= 11 is 0. The molecule has 1 aliphatic heterocycles. The Hall–Kier alpha value is -2.70. The number of rotatable bonds is 4. The van der Waals surface area contributed by atoms with Gasteiger partial charge in [0.2, 0.25) is 0 Å². The van der Waals surface area contributed by atoms with Gasteiger partial charge in [-0.15, -0.1) is 5.70 Å². The summed E-state index contributed by atoms with van der Waals surface area (Å²) in [6, 6.07) is 31.4. The molecule has 0 aromatic heterocycles. The van der Waals surface area contributed by atoms with Crippen molar-refractivity contribution in [1.82, 2.24) is 0 Å². The van der Waals surface area contributed by atoms with E-state index in [0.717, 1.165) is 11.3 Å². The molecule has 1 heterocycles. The summed E-state index contributed by atoms with van der Waals surface area (Å²) in [6.07, 6.45) is 8.21. The maximum Gasteiger partial charge on any atom is 2.00 e. The summed E-state index contributed by atoms with van der Waals surface area (Å²) in [5.74, 6) is 1.07. The Morgan fingerprint density at radius 1 is 0.844 bits per heavy atom. The van der Waals surface area contributed by atoms with Gasteiger partial charge in [0, 0.05) is 11.5 Å². The van der Waals surface area contributed by atoms with Crippen molar-refractivity contribution in [3.05, 3.63) is 143 Å². The molecule has 0 spiro atoms. The van der Waals surface area contributed by atoms with E-state index >= 15 is 0 Å². The normalized spacial score (nSPS) is 16.5. The van der Waals surface area contributed by atoms with E-state index in [9.17, 15) is 0 Å². The van der Waals surface area contributed by atoms with Gasteiger partial charge in [0.1, 0.15) is 0 Å². The molecule has 0 bridgehead atoms. The van der Waals surface area contributed by atoms with Crippen LogP contribution in [0.1, 0.15) is 13.8 Å². The minimum atomic E-state index is -0.659. The molecule has 5 rings (SSSR count). The van der Waals surface area contributed by atoms with Crippen LogP contribution in [0.5, 0.6) is 0 Å². The molecular weight excluding hydrogens is 453 g/mol. The molecule has 0 N–H and O–H groups in total. The van der Waals surface area contributed by atoms with Crippen molar-refractivity contribution in [2.45, 2.75) is 13.8 Å². The molecular formula is C28H26FeNOP. The van der Waals surface area contributed by atoms with Gasteiger partial charge in [0.15, 0.2) is 0 Å². The van der Waals surface area contributed by atoms with E-state index in [1.54, 1.807) is 6.26 Å². The molecule has 1 aliphatic carbocycles. The van der Waals surface area contributed by atoms with E-state index in [0.29, 0.717) is 11.8 Å². The Bertz CT molecular complexity index is 1040. The zero-order valence-electron chi connectivity index (χ0n) is 18.2. The van der Waals surface area contributed by atoms with Gasteiger partial charge in [-0.25, -0.2) is 12.1 Å². The molecule has 0 unspecified atom stereocenters. The maximum atomic E-state index is 5.83.